The van der Waals surface area contributed by atoms with E-state index in [0.717, 1.165) is 31.7 Å². The van der Waals surface area contributed by atoms with E-state index in [4.69, 9.17) is 16.3 Å². The normalized spacial score (nSPS) is 33.6. The minimum atomic E-state index is -0.586. The standard InChI is InChI=1S/C18H21ClFN3O3S/c1-10-4-14(27-23-10)16(25)22-18-7-17(8-18,9-18)21-15(24)6-26-11-2-3-12(19)13(20)5-11/h2-3,5,10,14,23H,4,6-9H2,1H3,(H,21,24)(H,22,25). The van der Waals surface area contributed by atoms with Gasteiger partial charge in [0.05, 0.1) is 10.3 Å². The van der Waals surface area contributed by atoms with E-state index < -0.39 is 5.82 Å². The Hall–Kier alpha value is -1.51. The second-order valence-electron chi connectivity index (χ2n) is 7.85. The lowest BCUT2D eigenvalue weighted by Gasteiger charge is -2.70. The van der Waals surface area contributed by atoms with E-state index in [9.17, 15) is 14.0 Å². The molecule has 3 aliphatic carbocycles. The molecule has 3 N–H and O–H groups in total. The van der Waals surface area contributed by atoms with Gasteiger partial charge in [-0.25, -0.2) is 4.39 Å². The second-order valence-corrected chi connectivity index (χ2v) is 9.30. The van der Waals surface area contributed by atoms with E-state index in [1.807, 2.05) is 0 Å². The number of ether oxygens (including phenoxy) is 1. The van der Waals surface area contributed by atoms with Gasteiger partial charge in [-0.1, -0.05) is 23.5 Å². The summed E-state index contributed by atoms with van der Waals surface area (Å²) in [7, 11) is 0. The fourth-order valence-corrected chi connectivity index (χ4v) is 5.38. The Bertz CT molecular complexity index is 773. The zero-order valence-corrected chi connectivity index (χ0v) is 16.4. The highest BCUT2D eigenvalue weighted by molar-refractivity contribution is 7.99. The zero-order valence-electron chi connectivity index (χ0n) is 14.8. The molecule has 2 atom stereocenters. The monoisotopic (exact) mass is 413 g/mol. The third-order valence-electron chi connectivity index (χ3n) is 5.36. The Morgan fingerprint density at radius 1 is 1.33 bits per heavy atom. The van der Waals surface area contributed by atoms with Crippen molar-refractivity contribution in [2.75, 3.05) is 6.61 Å². The number of carbonyl (C=O) groups is 2. The summed E-state index contributed by atoms with van der Waals surface area (Å²) >= 11 is 7.10. The molecule has 27 heavy (non-hydrogen) atoms. The van der Waals surface area contributed by atoms with Gasteiger partial charge in [0, 0.05) is 23.2 Å². The molecule has 0 radical (unpaired) electrons. The molecule has 1 saturated heterocycles. The summed E-state index contributed by atoms with van der Waals surface area (Å²) in [5.41, 5.74) is -0.412. The Kier molecular flexibility index (Phi) is 4.76. The summed E-state index contributed by atoms with van der Waals surface area (Å²) in [6.45, 7) is 1.87. The fourth-order valence-electron chi connectivity index (χ4n) is 4.22. The predicted molar refractivity (Wildman–Crippen MR) is 101 cm³/mol. The van der Waals surface area contributed by atoms with Crippen LogP contribution in [0.4, 0.5) is 4.39 Å². The van der Waals surface area contributed by atoms with Crippen LogP contribution in [0, 0.1) is 5.82 Å². The smallest absolute Gasteiger partial charge is 0.258 e. The molecule has 1 aromatic rings. The highest BCUT2D eigenvalue weighted by atomic mass is 35.5. The first-order valence-electron chi connectivity index (χ1n) is 8.90. The predicted octanol–water partition coefficient (Wildman–Crippen LogP) is 2.16. The number of carbonyl (C=O) groups excluding carboxylic acids is 2. The Morgan fingerprint density at radius 3 is 2.67 bits per heavy atom. The maximum Gasteiger partial charge on any atom is 0.258 e. The average Bonchev–Trinajstić information content (AvgIpc) is 2.99. The topological polar surface area (TPSA) is 79.5 Å². The molecule has 0 spiro atoms. The second kappa shape index (κ2) is 6.83. The highest BCUT2D eigenvalue weighted by Gasteiger charge is 2.69. The first-order valence-corrected chi connectivity index (χ1v) is 10.2. The van der Waals surface area contributed by atoms with Crippen molar-refractivity contribution in [3.8, 4) is 5.75 Å². The maximum atomic E-state index is 13.4. The largest absolute Gasteiger partial charge is 0.484 e. The summed E-state index contributed by atoms with van der Waals surface area (Å²) in [5.74, 6) is -0.513. The molecule has 2 amide bonds. The Balaban J connectivity index is 1.20. The van der Waals surface area contributed by atoms with Gasteiger partial charge in [-0.15, -0.1) is 0 Å². The first-order chi connectivity index (χ1) is 12.8. The molecule has 5 rings (SSSR count). The third-order valence-corrected chi connectivity index (χ3v) is 6.89. The maximum absolute atomic E-state index is 13.4. The number of rotatable bonds is 6. The molecule has 9 heteroatoms. The van der Waals surface area contributed by atoms with Crippen molar-refractivity contribution in [3.63, 3.8) is 0 Å². The van der Waals surface area contributed by atoms with Crippen LogP contribution in [-0.2, 0) is 9.59 Å². The van der Waals surface area contributed by atoms with Crippen LogP contribution in [0.3, 0.4) is 0 Å². The first kappa shape index (κ1) is 18.8. The van der Waals surface area contributed by atoms with Crippen LogP contribution < -0.4 is 20.1 Å². The molecular formula is C18H21ClFN3O3S. The molecule has 1 heterocycles. The van der Waals surface area contributed by atoms with Crippen molar-refractivity contribution in [3.05, 3.63) is 29.0 Å². The molecule has 4 aliphatic rings. The van der Waals surface area contributed by atoms with E-state index in [2.05, 4.69) is 22.3 Å². The lowest BCUT2D eigenvalue weighted by molar-refractivity contribution is -0.150. The summed E-state index contributed by atoms with van der Waals surface area (Å²) in [4.78, 5) is 24.5. The van der Waals surface area contributed by atoms with Gasteiger partial charge in [-0.3, -0.25) is 14.3 Å². The summed E-state index contributed by atoms with van der Waals surface area (Å²) in [6, 6.07) is 4.40. The van der Waals surface area contributed by atoms with Crippen molar-refractivity contribution >= 4 is 35.4 Å². The van der Waals surface area contributed by atoms with Gasteiger partial charge in [0.15, 0.2) is 6.61 Å². The van der Waals surface area contributed by atoms with Crippen molar-refractivity contribution in [1.29, 1.82) is 0 Å². The number of hydrogen-bond donors (Lipinski definition) is 3. The van der Waals surface area contributed by atoms with Crippen LogP contribution in [0.25, 0.3) is 0 Å². The van der Waals surface area contributed by atoms with E-state index >= 15 is 0 Å². The Morgan fingerprint density at radius 2 is 2.04 bits per heavy atom. The van der Waals surface area contributed by atoms with Gasteiger partial charge in [-0.05, 0) is 44.7 Å². The summed E-state index contributed by atoms with van der Waals surface area (Å²) in [6.07, 6.45) is 3.06. The van der Waals surface area contributed by atoms with E-state index in [1.165, 1.54) is 24.1 Å². The van der Waals surface area contributed by atoms with Gasteiger partial charge in [0.25, 0.3) is 5.91 Å². The molecular weight excluding hydrogens is 393 g/mol. The highest BCUT2D eigenvalue weighted by Crippen LogP contribution is 2.60. The lowest BCUT2D eigenvalue weighted by atomic mass is 9.44. The lowest BCUT2D eigenvalue weighted by Crippen LogP contribution is -2.84. The van der Waals surface area contributed by atoms with Crippen LogP contribution in [0.2, 0.25) is 5.02 Å². The Labute approximate surface area is 166 Å². The van der Waals surface area contributed by atoms with Crippen LogP contribution in [0.1, 0.15) is 32.6 Å². The van der Waals surface area contributed by atoms with Gasteiger partial charge >= 0.3 is 0 Å². The van der Waals surface area contributed by atoms with Crippen molar-refractivity contribution < 1.29 is 18.7 Å². The van der Waals surface area contributed by atoms with Crippen molar-refractivity contribution in [1.82, 2.24) is 15.4 Å². The van der Waals surface area contributed by atoms with Gasteiger partial charge < -0.3 is 15.4 Å². The molecule has 4 fully saturated rings. The molecule has 6 nitrogen and oxygen atoms in total. The van der Waals surface area contributed by atoms with Gasteiger partial charge in [-0.2, -0.15) is 0 Å². The summed E-state index contributed by atoms with van der Waals surface area (Å²) < 4.78 is 21.9. The number of halogens is 2. The average molecular weight is 414 g/mol. The number of amides is 2. The number of benzene rings is 1. The molecule has 1 aliphatic heterocycles. The molecule has 2 bridgehead atoms. The number of hydrogen-bond acceptors (Lipinski definition) is 5. The minimum Gasteiger partial charge on any atom is -0.484 e. The van der Waals surface area contributed by atoms with E-state index in [0.29, 0.717) is 6.04 Å². The van der Waals surface area contributed by atoms with Crippen molar-refractivity contribution in [2.45, 2.75) is 55.0 Å². The summed E-state index contributed by atoms with van der Waals surface area (Å²) in [5, 5.41) is 6.09. The van der Waals surface area contributed by atoms with Gasteiger partial charge in [0.1, 0.15) is 11.6 Å². The number of nitrogens with one attached hydrogen (secondary N) is 3. The molecule has 1 aromatic carbocycles. The molecule has 3 saturated carbocycles. The molecule has 0 aromatic heterocycles. The van der Waals surface area contributed by atoms with Crippen LogP contribution >= 0.6 is 23.5 Å². The minimum absolute atomic E-state index is 0.00857. The van der Waals surface area contributed by atoms with Crippen LogP contribution in [0.5, 0.6) is 5.75 Å². The quantitative estimate of drug-likeness (QED) is 0.623. The van der Waals surface area contributed by atoms with E-state index in [-0.39, 0.29) is 45.5 Å². The van der Waals surface area contributed by atoms with Gasteiger partial charge in [0.2, 0.25) is 5.91 Å². The zero-order chi connectivity index (χ0) is 19.2. The fraction of sp³-hybridized carbons (Fsp3) is 0.556. The van der Waals surface area contributed by atoms with E-state index in [1.54, 1.807) is 0 Å². The van der Waals surface area contributed by atoms with Crippen LogP contribution in [-0.4, -0.2) is 40.8 Å². The van der Waals surface area contributed by atoms with Crippen LogP contribution in [0.15, 0.2) is 18.2 Å². The SMILES string of the molecule is CC1CC(C(=O)NC23CC(NC(=O)COc4ccc(Cl)c(F)c4)(C2)C3)SN1. The third kappa shape index (κ3) is 3.75. The molecule has 146 valence electrons. The van der Waals surface area contributed by atoms with Crippen molar-refractivity contribution in [2.24, 2.45) is 0 Å². The molecule has 2 unspecified atom stereocenters.